The number of likely N-dealkylation sites (N-methyl/N-ethyl adjacent to an activating group) is 1. The number of halogens is 1. The van der Waals surface area contributed by atoms with Gasteiger partial charge in [-0.05, 0) is 79.0 Å². The summed E-state index contributed by atoms with van der Waals surface area (Å²) >= 11 is 0. The summed E-state index contributed by atoms with van der Waals surface area (Å²) in [4.78, 5) is 2.08. The molecule has 0 amide bonds. The van der Waals surface area contributed by atoms with Gasteiger partial charge in [-0.2, -0.15) is 0 Å². The third kappa shape index (κ3) is 6.51. The first-order valence-corrected chi connectivity index (χ1v) is 10.6. The van der Waals surface area contributed by atoms with Gasteiger partial charge in [0, 0.05) is 13.2 Å². The molecular formula is C27H30FNO2. The molecule has 162 valence electrons. The van der Waals surface area contributed by atoms with Crippen molar-refractivity contribution in [2.75, 3.05) is 33.9 Å². The topological polar surface area (TPSA) is 32.7 Å². The highest BCUT2D eigenvalue weighted by molar-refractivity contribution is 5.98. The van der Waals surface area contributed by atoms with Crippen LogP contribution in [0.5, 0.6) is 5.75 Å². The molecule has 4 heteroatoms. The van der Waals surface area contributed by atoms with Gasteiger partial charge < -0.3 is 14.7 Å². The molecule has 0 fully saturated rings. The molecule has 3 rings (SSSR count). The number of nitrogens with zero attached hydrogens (tertiary/aromatic N) is 1. The third-order valence-corrected chi connectivity index (χ3v) is 5.09. The first-order chi connectivity index (χ1) is 15.1. The van der Waals surface area contributed by atoms with Crippen LogP contribution in [0.1, 0.15) is 29.5 Å². The summed E-state index contributed by atoms with van der Waals surface area (Å²) in [6, 6.07) is 24.8. The molecule has 0 aliphatic heterocycles. The Balaban J connectivity index is 2.05. The minimum atomic E-state index is -0.260. The molecule has 31 heavy (non-hydrogen) atoms. The van der Waals surface area contributed by atoms with Gasteiger partial charge in [-0.1, -0.05) is 54.6 Å². The molecule has 0 aliphatic rings. The number of aliphatic hydroxyl groups excluding tert-OH is 1. The summed E-state index contributed by atoms with van der Waals surface area (Å²) in [6.07, 6.45) is 1.37. The standard InChI is InChI=1S/C27H30FNO2/c1-29(2)18-20-31-25-16-12-23(13-17-25)27(22-10-14-24(28)15-11-22)26(9-6-19-30)21-7-4-3-5-8-21/h3-5,7-8,10-17,30H,6,9,18-20H2,1-2H3/b27-26-. The molecule has 3 nitrogen and oxygen atoms in total. The largest absolute Gasteiger partial charge is 0.492 e. The second-order valence-electron chi connectivity index (χ2n) is 7.73. The first-order valence-electron chi connectivity index (χ1n) is 10.6. The molecule has 0 bridgehead atoms. The Morgan fingerprint density at radius 3 is 2.03 bits per heavy atom. The van der Waals surface area contributed by atoms with Crippen molar-refractivity contribution in [3.8, 4) is 5.75 Å². The fraction of sp³-hybridized carbons (Fsp3) is 0.259. The van der Waals surface area contributed by atoms with Crippen LogP contribution in [-0.4, -0.2) is 43.9 Å². The number of rotatable bonds is 10. The molecule has 0 radical (unpaired) electrons. The lowest BCUT2D eigenvalue weighted by molar-refractivity contribution is 0.261. The summed E-state index contributed by atoms with van der Waals surface area (Å²) in [5, 5.41) is 9.49. The highest BCUT2D eigenvalue weighted by Gasteiger charge is 2.14. The van der Waals surface area contributed by atoms with Crippen molar-refractivity contribution < 1.29 is 14.2 Å². The zero-order valence-electron chi connectivity index (χ0n) is 18.2. The van der Waals surface area contributed by atoms with Gasteiger partial charge in [0.05, 0.1) is 0 Å². The minimum absolute atomic E-state index is 0.117. The Labute approximate surface area is 184 Å². The number of allylic oxidation sites excluding steroid dienone is 1. The molecule has 3 aromatic carbocycles. The van der Waals surface area contributed by atoms with E-state index in [4.69, 9.17) is 4.74 Å². The van der Waals surface area contributed by atoms with Crippen LogP contribution in [0.25, 0.3) is 11.1 Å². The molecular weight excluding hydrogens is 389 g/mol. The van der Waals surface area contributed by atoms with Gasteiger partial charge in [0.1, 0.15) is 18.2 Å². The van der Waals surface area contributed by atoms with Gasteiger partial charge >= 0.3 is 0 Å². The van der Waals surface area contributed by atoms with E-state index in [9.17, 15) is 9.50 Å². The third-order valence-electron chi connectivity index (χ3n) is 5.09. The van der Waals surface area contributed by atoms with Gasteiger partial charge in [-0.3, -0.25) is 0 Å². The van der Waals surface area contributed by atoms with Gasteiger partial charge in [-0.25, -0.2) is 4.39 Å². The van der Waals surface area contributed by atoms with Crippen molar-refractivity contribution in [3.05, 3.63) is 101 Å². The second kappa shape index (κ2) is 11.4. The van der Waals surface area contributed by atoms with Crippen LogP contribution in [0.15, 0.2) is 78.9 Å². The van der Waals surface area contributed by atoms with Gasteiger partial charge in [0.25, 0.3) is 0 Å². The van der Waals surface area contributed by atoms with Crippen molar-refractivity contribution in [1.82, 2.24) is 4.90 Å². The van der Waals surface area contributed by atoms with E-state index in [0.29, 0.717) is 19.4 Å². The summed E-state index contributed by atoms with van der Waals surface area (Å²) in [7, 11) is 4.04. The van der Waals surface area contributed by atoms with Crippen LogP contribution in [0.2, 0.25) is 0 Å². The monoisotopic (exact) mass is 419 g/mol. The Hall–Kier alpha value is -2.95. The molecule has 0 heterocycles. The molecule has 0 spiro atoms. The summed E-state index contributed by atoms with van der Waals surface area (Å²) in [5.74, 6) is 0.560. The van der Waals surface area contributed by atoms with E-state index in [1.807, 2.05) is 68.7 Å². The molecule has 3 aromatic rings. The van der Waals surface area contributed by atoms with Gasteiger partial charge in [0.15, 0.2) is 0 Å². The smallest absolute Gasteiger partial charge is 0.123 e. The number of ether oxygens (including phenoxy) is 1. The van der Waals surface area contributed by atoms with E-state index < -0.39 is 0 Å². The number of benzene rings is 3. The Kier molecular flexibility index (Phi) is 8.39. The average Bonchev–Trinajstić information content (AvgIpc) is 2.79. The van der Waals surface area contributed by atoms with Crippen LogP contribution >= 0.6 is 0 Å². The lowest BCUT2D eigenvalue weighted by Gasteiger charge is -2.18. The Bertz CT molecular complexity index is 964. The number of hydrogen-bond donors (Lipinski definition) is 1. The van der Waals surface area contributed by atoms with E-state index in [0.717, 1.165) is 40.1 Å². The fourth-order valence-corrected chi connectivity index (χ4v) is 3.50. The summed E-state index contributed by atoms with van der Waals surface area (Å²) < 4.78 is 19.5. The highest BCUT2D eigenvalue weighted by Crippen LogP contribution is 2.35. The predicted octanol–water partition coefficient (Wildman–Crippen LogP) is 5.50. The molecule has 1 N–H and O–H groups in total. The molecule has 0 saturated carbocycles. The van der Waals surface area contributed by atoms with Crippen LogP contribution in [0.3, 0.4) is 0 Å². The number of aliphatic hydroxyl groups is 1. The molecule has 0 unspecified atom stereocenters. The molecule has 0 atom stereocenters. The van der Waals surface area contributed by atoms with E-state index >= 15 is 0 Å². The van der Waals surface area contributed by atoms with Crippen LogP contribution in [0, 0.1) is 5.82 Å². The minimum Gasteiger partial charge on any atom is -0.492 e. The Morgan fingerprint density at radius 1 is 0.839 bits per heavy atom. The van der Waals surface area contributed by atoms with Gasteiger partial charge in [-0.15, -0.1) is 0 Å². The number of hydrogen-bond acceptors (Lipinski definition) is 3. The molecule has 0 aliphatic carbocycles. The van der Waals surface area contributed by atoms with Crippen molar-refractivity contribution in [2.45, 2.75) is 12.8 Å². The maximum absolute atomic E-state index is 13.6. The van der Waals surface area contributed by atoms with E-state index in [-0.39, 0.29) is 12.4 Å². The maximum atomic E-state index is 13.6. The van der Waals surface area contributed by atoms with Crippen molar-refractivity contribution in [2.24, 2.45) is 0 Å². The highest BCUT2D eigenvalue weighted by atomic mass is 19.1. The summed E-state index contributed by atoms with van der Waals surface area (Å²) in [5.41, 5.74) is 5.24. The van der Waals surface area contributed by atoms with Gasteiger partial charge in [0.2, 0.25) is 0 Å². The average molecular weight is 420 g/mol. The van der Waals surface area contributed by atoms with E-state index in [2.05, 4.69) is 17.0 Å². The lowest BCUT2D eigenvalue weighted by Crippen LogP contribution is -2.19. The Morgan fingerprint density at radius 2 is 1.45 bits per heavy atom. The predicted molar refractivity (Wildman–Crippen MR) is 126 cm³/mol. The quantitative estimate of drug-likeness (QED) is 0.441. The van der Waals surface area contributed by atoms with E-state index in [1.165, 1.54) is 12.1 Å². The maximum Gasteiger partial charge on any atom is 0.123 e. The first kappa shape index (κ1) is 22.7. The van der Waals surface area contributed by atoms with Crippen molar-refractivity contribution >= 4 is 11.1 Å². The van der Waals surface area contributed by atoms with Crippen molar-refractivity contribution in [3.63, 3.8) is 0 Å². The van der Waals surface area contributed by atoms with E-state index in [1.54, 1.807) is 0 Å². The van der Waals surface area contributed by atoms with Crippen LogP contribution in [0.4, 0.5) is 4.39 Å². The van der Waals surface area contributed by atoms with Crippen LogP contribution < -0.4 is 4.74 Å². The zero-order chi connectivity index (χ0) is 22.1. The second-order valence-corrected chi connectivity index (χ2v) is 7.73. The summed E-state index contributed by atoms with van der Waals surface area (Å²) in [6.45, 7) is 1.59. The van der Waals surface area contributed by atoms with Crippen molar-refractivity contribution in [1.29, 1.82) is 0 Å². The fourth-order valence-electron chi connectivity index (χ4n) is 3.50. The van der Waals surface area contributed by atoms with Crippen LogP contribution in [-0.2, 0) is 0 Å². The normalized spacial score (nSPS) is 12.0. The molecule has 0 saturated heterocycles. The molecule has 0 aromatic heterocycles. The lowest BCUT2D eigenvalue weighted by atomic mass is 9.87. The SMILES string of the molecule is CN(C)CCOc1ccc(/C(=C(/CCCO)c2ccccc2)c2ccc(F)cc2)cc1. The zero-order valence-corrected chi connectivity index (χ0v) is 18.2.